The van der Waals surface area contributed by atoms with Crippen molar-refractivity contribution >= 4 is 5.69 Å². The van der Waals surface area contributed by atoms with Crippen molar-refractivity contribution in [1.82, 2.24) is 5.01 Å². The quantitative estimate of drug-likeness (QED) is 0.728. The van der Waals surface area contributed by atoms with Gasteiger partial charge >= 0.3 is 0 Å². The van der Waals surface area contributed by atoms with Crippen molar-refractivity contribution in [2.24, 2.45) is 0 Å². The molecule has 3 nitrogen and oxygen atoms in total. The number of hydrazine groups is 1. The maximum atomic E-state index is 5.60. The van der Waals surface area contributed by atoms with Crippen LogP contribution < -0.4 is 10.2 Å². The van der Waals surface area contributed by atoms with E-state index in [2.05, 4.69) is 12.3 Å². The number of nitrogens with one attached hydrogen (secondary N) is 1. The van der Waals surface area contributed by atoms with E-state index < -0.39 is 0 Å². The Labute approximate surface area is 85.6 Å². The van der Waals surface area contributed by atoms with Crippen LogP contribution in [0.1, 0.15) is 13.3 Å². The Morgan fingerprint density at radius 2 is 2.00 bits per heavy atom. The van der Waals surface area contributed by atoms with Gasteiger partial charge in [-0.25, -0.2) is 5.01 Å². The first-order chi connectivity index (χ1) is 6.74. The Morgan fingerprint density at radius 3 is 2.64 bits per heavy atom. The fourth-order valence-corrected chi connectivity index (χ4v) is 1.14. The van der Waals surface area contributed by atoms with Gasteiger partial charge in [0.05, 0.1) is 12.3 Å². The van der Waals surface area contributed by atoms with Crippen molar-refractivity contribution in [3.63, 3.8) is 0 Å². The van der Waals surface area contributed by atoms with E-state index in [-0.39, 0.29) is 0 Å². The van der Waals surface area contributed by atoms with Gasteiger partial charge in [-0.3, -0.25) is 0 Å². The highest BCUT2D eigenvalue weighted by Crippen LogP contribution is 2.23. The van der Waals surface area contributed by atoms with E-state index in [1.165, 1.54) is 0 Å². The number of anilines is 1. The highest BCUT2D eigenvalue weighted by Gasteiger charge is 2.01. The van der Waals surface area contributed by atoms with Crippen molar-refractivity contribution < 1.29 is 4.74 Å². The van der Waals surface area contributed by atoms with E-state index in [0.29, 0.717) is 0 Å². The van der Waals surface area contributed by atoms with Gasteiger partial charge in [0.2, 0.25) is 0 Å². The lowest BCUT2D eigenvalue weighted by atomic mass is 10.3. The molecular formula is C11H18N2O. The third kappa shape index (κ3) is 3.26. The van der Waals surface area contributed by atoms with Gasteiger partial charge in [-0.2, -0.15) is 0 Å². The number of nitrogens with zero attached hydrogens (tertiary/aromatic N) is 1. The Hall–Kier alpha value is -1.22. The molecule has 78 valence electrons. The molecule has 0 spiro atoms. The second-order valence-corrected chi connectivity index (χ2v) is 3.35. The van der Waals surface area contributed by atoms with Crippen molar-refractivity contribution in [3.05, 3.63) is 24.3 Å². The molecule has 0 amide bonds. The molecule has 1 aromatic carbocycles. The van der Waals surface area contributed by atoms with Gasteiger partial charge in [-0.05, 0) is 18.6 Å². The standard InChI is InChI=1S/C11H18N2O/c1-4-9-14-11-8-6-5-7-10(11)12-13(2)3/h5-8,12H,4,9H2,1-3H3. The van der Waals surface area contributed by atoms with Gasteiger partial charge in [-0.1, -0.05) is 19.1 Å². The monoisotopic (exact) mass is 194 g/mol. The maximum absolute atomic E-state index is 5.60. The van der Waals surface area contributed by atoms with Gasteiger partial charge in [0, 0.05) is 14.1 Å². The molecule has 1 N–H and O–H groups in total. The SMILES string of the molecule is CCCOc1ccccc1NN(C)C. The molecular weight excluding hydrogens is 176 g/mol. The van der Waals surface area contributed by atoms with Crippen LogP contribution in [0.4, 0.5) is 5.69 Å². The summed E-state index contributed by atoms with van der Waals surface area (Å²) >= 11 is 0. The minimum absolute atomic E-state index is 0.756. The van der Waals surface area contributed by atoms with Gasteiger partial charge in [-0.15, -0.1) is 0 Å². The normalized spacial score (nSPS) is 10.3. The van der Waals surface area contributed by atoms with Crippen LogP contribution in [0, 0.1) is 0 Å². The zero-order valence-electron chi connectivity index (χ0n) is 9.08. The molecule has 0 saturated heterocycles. The van der Waals surface area contributed by atoms with Crippen molar-refractivity contribution in [3.8, 4) is 5.75 Å². The number of ether oxygens (including phenoxy) is 1. The minimum Gasteiger partial charge on any atom is -0.491 e. The molecule has 0 aliphatic rings. The highest BCUT2D eigenvalue weighted by molar-refractivity contribution is 5.55. The lowest BCUT2D eigenvalue weighted by Crippen LogP contribution is -2.20. The van der Waals surface area contributed by atoms with Crippen LogP contribution >= 0.6 is 0 Å². The van der Waals surface area contributed by atoms with Crippen LogP contribution in [0.2, 0.25) is 0 Å². The number of hydrogen-bond donors (Lipinski definition) is 1. The number of hydrogen-bond acceptors (Lipinski definition) is 3. The van der Waals surface area contributed by atoms with Crippen LogP contribution in [-0.4, -0.2) is 25.7 Å². The zero-order valence-corrected chi connectivity index (χ0v) is 9.08. The first-order valence-corrected chi connectivity index (χ1v) is 4.90. The maximum Gasteiger partial charge on any atom is 0.143 e. The van der Waals surface area contributed by atoms with Crippen LogP contribution in [0.5, 0.6) is 5.75 Å². The molecule has 14 heavy (non-hydrogen) atoms. The largest absolute Gasteiger partial charge is 0.491 e. The molecule has 0 fully saturated rings. The Bertz CT molecular complexity index is 274. The molecule has 0 unspecified atom stereocenters. The molecule has 0 saturated carbocycles. The summed E-state index contributed by atoms with van der Waals surface area (Å²) in [5, 5.41) is 1.90. The number of benzene rings is 1. The van der Waals surface area contributed by atoms with E-state index in [4.69, 9.17) is 4.74 Å². The summed E-state index contributed by atoms with van der Waals surface area (Å²) in [4.78, 5) is 0. The smallest absolute Gasteiger partial charge is 0.143 e. The van der Waals surface area contributed by atoms with E-state index in [1.807, 2.05) is 43.4 Å². The van der Waals surface area contributed by atoms with Gasteiger partial charge < -0.3 is 10.2 Å². The van der Waals surface area contributed by atoms with Crippen LogP contribution in [0.3, 0.4) is 0 Å². The summed E-state index contributed by atoms with van der Waals surface area (Å²) in [7, 11) is 3.91. The van der Waals surface area contributed by atoms with Crippen LogP contribution in [0.15, 0.2) is 24.3 Å². The zero-order chi connectivity index (χ0) is 10.4. The third-order valence-electron chi connectivity index (χ3n) is 1.69. The Balaban J connectivity index is 2.69. The van der Waals surface area contributed by atoms with Crippen molar-refractivity contribution in [2.75, 3.05) is 26.1 Å². The highest BCUT2D eigenvalue weighted by atomic mass is 16.5. The minimum atomic E-state index is 0.756. The fourth-order valence-electron chi connectivity index (χ4n) is 1.14. The van der Waals surface area contributed by atoms with E-state index >= 15 is 0 Å². The first kappa shape index (κ1) is 10.9. The van der Waals surface area contributed by atoms with E-state index in [1.54, 1.807) is 0 Å². The molecule has 0 atom stereocenters. The lowest BCUT2D eigenvalue weighted by Gasteiger charge is -2.16. The lowest BCUT2D eigenvalue weighted by molar-refractivity contribution is 0.317. The average Bonchev–Trinajstić information content (AvgIpc) is 2.16. The summed E-state index contributed by atoms with van der Waals surface area (Å²) < 4.78 is 5.60. The number of rotatable bonds is 5. The predicted octanol–water partition coefficient (Wildman–Crippen LogP) is 2.36. The third-order valence-corrected chi connectivity index (χ3v) is 1.69. The molecule has 0 aromatic heterocycles. The van der Waals surface area contributed by atoms with Gasteiger partial charge in [0.25, 0.3) is 0 Å². The molecule has 0 heterocycles. The molecule has 1 aromatic rings. The summed E-state index contributed by atoms with van der Waals surface area (Å²) in [6, 6.07) is 7.95. The van der Waals surface area contributed by atoms with Crippen molar-refractivity contribution in [2.45, 2.75) is 13.3 Å². The van der Waals surface area contributed by atoms with Crippen LogP contribution in [0.25, 0.3) is 0 Å². The average molecular weight is 194 g/mol. The first-order valence-electron chi connectivity index (χ1n) is 4.90. The second kappa shape index (κ2) is 5.50. The van der Waals surface area contributed by atoms with Crippen molar-refractivity contribution in [1.29, 1.82) is 0 Å². The van der Waals surface area contributed by atoms with Crippen LogP contribution in [-0.2, 0) is 0 Å². The van der Waals surface area contributed by atoms with E-state index in [9.17, 15) is 0 Å². The fraction of sp³-hybridized carbons (Fsp3) is 0.455. The molecule has 0 aliphatic heterocycles. The topological polar surface area (TPSA) is 24.5 Å². The molecule has 0 bridgehead atoms. The molecule has 3 heteroatoms. The predicted molar refractivity (Wildman–Crippen MR) is 59.5 cm³/mol. The van der Waals surface area contributed by atoms with E-state index in [0.717, 1.165) is 24.5 Å². The summed E-state index contributed by atoms with van der Waals surface area (Å²) in [6.45, 7) is 2.86. The summed E-state index contributed by atoms with van der Waals surface area (Å²) in [5.74, 6) is 0.906. The Kier molecular flexibility index (Phi) is 4.26. The van der Waals surface area contributed by atoms with Gasteiger partial charge in [0.15, 0.2) is 0 Å². The number of para-hydroxylation sites is 2. The second-order valence-electron chi connectivity index (χ2n) is 3.35. The molecule has 1 rings (SSSR count). The summed E-state index contributed by atoms with van der Waals surface area (Å²) in [5.41, 5.74) is 4.20. The summed E-state index contributed by atoms with van der Waals surface area (Å²) in [6.07, 6.45) is 1.02. The van der Waals surface area contributed by atoms with Gasteiger partial charge in [0.1, 0.15) is 5.75 Å². The molecule has 0 aliphatic carbocycles. The molecule has 0 radical (unpaired) electrons. The Morgan fingerprint density at radius 1 is 1.29 bits per heavy atom.